The number of nitrogens with zero attached hydrogens (tertiary/aromatic N) is 1. The Bertz CT molecular complexity index is 143. The molecule has 14 heavy (non-hydrogen) atoms. The van der Waals surface area contributed by atoms with Crippen LogP contribution in [0, 0.1) is 0 Å². The fourth-order valence-electron chi connectivity index (χ4n) is 1.89. The molecule has 0 aromatic rings. The first-order valence-electron chi connectivity index (χ1n) is 6.25. The number of rotatable bonds is 8. The minimum atomic E-state index is 0.683. The molecule has 0 spiro atoms. The van der Waals surface area contributed by atoms with Gasteiger partial charge in [-0.3, -0.25) is 0 Å². The maximum absolute atomic E-state index is 3.54. The lowest BCUT2D eigenvalue weighted by Gasteiger charge is -2.22. The molecule has 84 valence electrons. The lowest BCUT2D eigenvalue weighted by molar-refractivity contribution is 0.261. The van der Waals surface area contributed by atoms with E-state index in [1.165, 1.54) is 38.8 Å². The van der Waals surface area contributed by atoms with E-state index < -0.39 is 0 Å². The van der Waals surface area contributed by atoms with Crippen molar-refractivity contribution in [3.8, 4) is 0 Å². The molecule has 1 saturated carbocycles. The van der Waals surface area contributed by atoms with Gasteiger partial charge in [0.1, 0.15) is 0 Å². The van der Waals surface area contributed by atoms with Crippen molar-refractivity contribution in [3.63, 3.8) is 0 Å². The smallest absolute Gasteiger partial charge is 0.00963 e. The van der Waals surface area contributed by atoms with Gasteiger partial charge in [0, 0.05) is 12.1 Å². The monoisotopic (exact) mass is 198 g/mol. The molecular formula is C12H26N2. The average Bonchev–Trinajstić information content (AvgIpc) is 2.99. The van der Waals surface area contributed by atoms with Gasteiger partial charge in [-0.2, -0.15) is 0 Å². The van der Waals surface area contributed by atoms with Gasteiger partial charge in [0.25, 0.3) is 0 Å². The largest absolute Gasteiger partial charge is 0.314 e. The second-order valence-corrected chi connectivity index (χ2v) is 4.50. The zero-order valence-corrected chi connectivity index (χ0v) is 10.1. The first-order chi connectivity index (χ1) is 6.77. The molecular weight excluding hydrogens is 172 g/mol. The quantitative estimate of drug-likeness (QED) is 0.643. The fraction of sp³-hybridized carbons (Fsp3) is 1.00. The lowest BCUT2D eigenvalue weighted by atomic mass is 10.2. The first-order valence-corrected chi connectivity index (χ1v) is 6.25. The van der Waals surface area contributed by atoms with Gasteiger partial charge in [0.15, 0.2) is 0 Å². The summed E-state index contributed by atoms with van der Waals surface area (Å²) >= 11 is 0. The van der Waals surface area contributed by atoms with Crippen LogP contribution in [-0.4, -0.2) is 36.6 Å². The number of hydrogen-bond acceptors (Lipinski definition) is 2. The molecule has 0 bridgehead atoms. The van der Waals surface area contributed by atoms with E-state index in [0.29, 0.717) is 6.04 Å². The van der Waals surface area contributed by atoms with Gasteiger partial charge < -0.3 is 10.2 Å². The van der Waals surface area contributed by atoms with E-state index in [0.717, 1.165) is 12.6 Å². The SMILES string of the molecule is CCCNC(C)CCN(CC)C1CC1. The highest BCUT2D eigenvalue weighted by Gasteiger charge is 2.27. The zero-order valence-electron chi connectivity index (χ0n) is 10.1. The Kier molecular flexibility index (Phi) is 5.49. The van der Waals surface area contributed by atoms with E-state index in [-0.39, 0.29) is 0 Å². The molecule has 1 aliphatic rings. The Morgan fingerprint density at radius 3 is 2.57 bits per heavy atom. The highest BCUT2D eigenvalue weighted by molar-refractivity contribution is 4.84. The maximum Gasteiger partial charge on any atom is 0.00963 e. The molecule has 0 radical (unpaired) electrons. The molecule has 0 heterocycles. The molecule has 1 atom stereocenters. The van der Waals surface area contributed by atoms with E-state index in [1.807, 2.05) is 0 Å². The van der Waals surface area contributed by atoms with Crippen molar-refractivity contribution in [3.05, 3.63) is 0 Å². The van der Waals surface area contributed by atoms with Crippen molar-refractivity contribution in [2.45, 2.75) is 58.5 Å². The Morgan fingerprint density at radius 1 is 1.36 bits per heavy atom. The molecule has 0 aliphatic heterocycles. The van der Waals surface area contributed by atoms with E-state index in [2.05, 4.69) is 31.0 Å². The van der Waals surface area contributed by atoms with Crippen LogP contribution in [0.5, 0.6) is 0 Å². The third-order valence-corrected chi connectivity index (χ3v) is 3.06. The van der Waals surface area contributed by atoms with Gasteiger partial charge in [0.05, 0.1) is 0 Å². The van der Waals surface area contributed by atoms with Crippen LogP contribution in [0.4, 0.5) is 0 Å². The van der Waals surface area contributed by atoms with Crippen molar-refractivity contribution in [1.82, 2.24) is 10.2 Å². The van der Waals surface area contributed by atoms with Gasteiger partial charge in [-0.25, -0.2) is 0 Å². The van der Waals surface area contributed by atoms with Gasteiger partial charge >= 0.3 is 0 Å². The minimum Gasteiger partial charge on any atom is -0.314 e. The lowest BCUT2D eigenvalue weighted by Crippen LogP contribution is -2.33. The van der Waals surface area contributed by atoms with Crippen LogP contribution in [0.2, 0.25) is 0 Å². The molecule has 1 fully saturated rings. The highest BCUT2D eigenvalue weighted by Crippen LogP contribution is 2.26. The van der Waals surface area contributed by atoms with Crippen molar-refractivity contribution < 1.29 is 0 Å². The van der Waals surface area contributed by atoms with E-state index in [9.17, 15) is 0 Å². The van der Waals surface area contributed by atoms with Crippen LogP contribution in [0.1, 0.15) is 46.5 Å². The van der Waals surface area contributed by atoms with Gasteiger partial charge in [-0.1, -0.05) is 13.8 Å². The molecule has 0 aromatic heterocycles. The van der Waals surface area contributed by atoms with Crippen molar-refractivity contribution in [1.29, 1.82) is 0 Å². The molecule has 1 unspecified atom stereocenters. The molecule has 1 aliphatic carbocycles. The Balaban J connectivity index is 2.04. The molecule has 0 saturated heterocycles. The first kappa shape index (κ1) is 12.0. The predicted octanol–water partition coefficient (Wildman–Crippen LogP) is 2.25. The summed E-state index contributed by atoms with van der Waals surface area (Å²) < 4.78 is 0. The normalized spacial score (nSPS) is 18.9. The van der Waals surface area contributed by atoms with Crippen LogP contribution in [0.25, 0.3) is 0 Å². The second-order valence-electron chi connectivity index (χ2n) is 4.50. The summed E-state index contributed by atoms with van der Waals surface area (Å²) in [7, 11) is 0. The number of nitrogens with one attached hydrogen (secondary N) is 1. The number of hydrogen-bond donors (Lipinski definition) is 1. The van der Waals surface area contributed by atoms with Crippen LogP contribution >= 0.6 is 0 Å². The van der Waals surface area contributed by atoms with Crippen LogP contribution in [-0.2, 0) is 0 Å². The van der Waals surface area contributed by atoms with E-state index >= 15 is 0 Å². The molecule has 1 rings (SSSR count). The summed E-state index contributed by atoms with van der Waals surface area (Å²) in [5, 5.41) is 3.54. The summed E-state index contributed by atoms with van der Waals surface area (Å²) in [6.45, 7) is 10.5. The minimum absolute atomic E-state index is 0.683. The van der Waals surface area contributed by atoms with Gasteiger partial charge in [-0.15, -0.1) is 0 Å². The average molecular weight is 198 g/mol. The van der Waals surface area contributed by atoms with Gasteiger partial charge in [0.2, 0.25) is 0 Å². The Hall–Kier alpha value is -0.0800. The second kappa shape index (κ2) is 6.41. The van der Waals surface area contributed by atoms with Crippen molar-refractivity contribution in [2.75, 3.05) is 19.6 Å². The van der Waals surface area contributed by atoms with E-state index in [1.54, 1.807) is 0 Å². The third kappa shape index (κ3) is 4.43. The molecule has 2 nitrogen and oxygen atoms in total. The van der Waals surface area contributed by atoms with E-state index in [4.69, 9.17) is 0 Å². The maximum atomic E-state index is 3.54. The van der Waals surface area contributed by atoms with Crippen LogP contribution < -0.4 is 5.32 Å². The van der Waals surface area contributed by atoms with Crippen LogP contribution in [0.3, 0.4) is 0 Å². The van der Waals surface area contributed by atoms with Crippen molar-refractivity contribution >= 4 is 0 Å². The van der Waals surface area contributed by atoms with Crippen LogP contribution in [0.15, 0.2) is 0 Å². The zero-order chi connectivity index (χ0) is 10.4. The van der Waals surface area contributed by atoms with Crippen molar-refractivity contribution in [2.24, 2.45) is 0 Å². The predicted molar refractivity (Wildman–Crippen MR) is 62.6 cm³/mol. The Morgan fingerprint density at radius 2 is 2.07 bits per heavy atom. The highest BCUT2D eigenvalue weighted by atomic mass is 15.2. The Labute approximate surface area is 89.1 Å². The fourth-order valence-corrected chi connectivity index (χ4v) is 1.89. The molecule has 0 aromatic carbocycles. The summed E-state index contributed by atoms with van der Waals surface area (Å²) in [5.41, 5.74) is 0. The molecule has 0 amide bonds. The summed E-state index contributed by atoms with van der Waals surface area (Å²) in [6, 6.07) is 1.61. The molecule has 2 heteroatoms. The summed E-state index contributed by atoms with van der Waals surface area (Å²) in [5.74, 6) is 0. The van der Waals surface area contributed by atoms with Gasteiger partial charge in [-0.05, 0) is 52.2 Å². The summed E-state index contributed by atoms with van der Waals surface area (Å²) in [6.07, 6.45) is 5.41. The topological polar surface area (TPSA) is 15.3 Å². The summed E-state index contributed by atoms with van der Waals surface area (Å²) in [4.78, 5) is 2.63. The standard InChI is InChI=1S/C12H26N2/c1-4-9-13-11(3)8-10-14(5-2)12-6-7-12/h11-13H,4-10H2,1-3H3. The third-order valence-electron chi connectivity index (χ3n) is 3.06. The molecule has 1 N–H and O–H groups in total.